The molecule has 2 rings (SSSR count). The van der Waals surface area contributed by atoms with E-state index in [0.717, 1.165) is 5.56 Å². The van der Waals surface area contributed by atoms with Gasteiger partial charge in [0, 0.05) is 5.69 Å². The predicted molar refractivity (Wildman–Crippen MR) is 95.6 cm³/mol. The van der Waals surface area contributed by atoms with E-state index in [1.54, 1.807) is 30.3 Å². The fraction of sp³-hybridized carbons (Fsp3) is 0.176. The summed E-state index contributed by atoms with van der Waals surface area (Å²) in [6, 6.07) is 9.66. The quantitative estimate of drug-likeness (QED) is 0.631. The molecule has 0 aliphatic carbocycles. The third-order valence-electron chi connectivity index (χ3n) is 3.38. The molecule has 0 spiro atoms. The van der Waals surface area contributed by atoms with Crippen LogP contribution in [0.1, 0.15) is 22.8 Å². The number of hydrogen-bond acceptors (Lipinski definition) is 4. The van der Waals surface area contributed by atoms with Gasteiger partial charge in [-0.1, -0.05) is 35.3 Å². The van der Waals surface area contributed by atoms with Crippen molar-refractivity contribution < 1.29 is 14.3 Å². The standard InChI is InChI=1S/C17H16Cl2N2O3/c1-9-6-7-11(8-13(9)20)17(23)24-10(2)16(22)21-14-5-3-4-12(18)15(14)19/h3-8,10H,20H2,1-2H3,(H,21,22)/t10-/m0/s1. The zero-order valence-corrected chi connectivity index (χ0v) is 14.6. The molecule has 126 valence electrons. The highest BCUT2D eigenvalue weighted by Gasteiger charge is 2.20. The largest absolute Gasteiger partial charge is 0.449 e. The molecule has 5 nitrogen and oxygen atoms in total. The first-order chi connectivity index (χ1) is 11.3. The lowest BCUT2D eigenvalue weighted by molar-refractivity contribution is -0.123. The molecule has 1 amide bonds. The van der Waals surface area contributed by atoms with Crippen LogP contribution in [0.25, 0.3) is 0 Å². The Bertz CT molecular complexity index is 793. The summed E-state index contributed by atoms with van der Waals surface area (Å²) in [6.45, 7) is 3.29. The van der Waals surface area contributed by atoms with Gasteiger partial charge in [0.2, 0.25) is 0 Å². The Morgan fingerprint density at radius 3 is 2.58 bits per heavy atom. The minimum Gasteiger partial charge on any atom is -0.449 e. The Labute approximate surface area is 149 Å². The number of nitrogens with one attached hydrogen (secondary N) is 1. The maximum atomic E-state index is 12.1. The van der Waals surface area contributed by atoms with Crippen molar-refractivity contribution in [2.24, 2.45) is 0 Å². The molecule has 0 heterocycles. The van der Waals surface area contributed by atoms with Gasteiger partial charge in [-0.05, 0) is 43.7 Å². The maximum Gasteiger partial charge on any atom is 0.338 e. The molecule has 0 aliphatic heterocycles. The van der Waals surface area contributed by atoms with Crippen molar-refractivity contribution in [2.45, 2.75) is 20.0 Å². The Balaban J connectivity index is 2.04. The Morgan fingerprint density at radius 1 is 1.21 bits per heavy atom. The molecular weight excluding hydrogens is 351 g/mol. The lowest BCUT2D eigenvalue weighted by Gasteiger charge is -2.15. The topological polar surface area (TPSA) is 81.4 Å². The zero-order valence-electron chi connectivity index (χ0n) is 13.1. The molecule has 0 fully saturated rings. The number of aryl methyl sites for hydroxylation is 1. The summed E-state index contributed by atoms with van der Waals surface area (Å²) in [7, 11) is 0. The number of carbonyl (C=O) groups excluding carboxylic acids is 2. The van der Waals surface area contributed by atoms with E-state index in [0.29, 0.717) is 16.4 Å². The van der Waals surface area contributed by atoms with Gasteiger partial charge in [-0.2, -0.15) is 0 Å². The molecular formula is C17H16Cl2N2O3. The van der Waals surface area contributed by atoms with Crippen LogP contribution in [-0.2, 0) is 9.53 Å². The van der Waals surface area contributed by atoms with Crippen LogP contribution in [-0.4, -0.2) is 18.0 Å². The van der Waals surface area contributed by atoms with Gasteiger partial charge in [-0.25, -0.2) is 4.79 Å². The van der Waals surface area contributed by atoms with Crippen LogP contribution < -0.4 is 11.1 Å². The van der Waals surface area contributed by atoms with Gasteiger partial charge < -0.3 is 15.8 Å². The molecule has 1 atom stereocenters. The second-order valence-corrected chi connectivity index (χ2v) is 5.99. The molecule has 0 aliphatic rings. The number of esters is 1. The van der Waals surface area contributed by atoms with Crippen LogP contribution in [0.15, 0.2) is 36.4 Å². The van der Waals surface area contributed by atoms with Crippen molar-refractivity contribution in [3.05, 3.63) is 57.6 Å². The Kier molecular flexibility index (Phi) is 5.70. The highest BCUT2D eigenvalue weighted by molar-refractivity contribution is 6.44. The summed E-state index contributed by atoms with van der Waals surface area (Å²) < 4.78 is 5.15. The number of carbonyl (C=O) groups is 2. The van der Waals surface area contributed by atoms with Crippen LogP contribution in [0.5, 0.6) is 0 Å². The normalized spacial score (nSPS) is 11.7. The number of nitrogens with two attached hydrogens (primary N) is 1. The fourth-order valence-corrected chi connectivity index (χ4v) is 2.23. The molecule has 0 saturated carbocycles. The summed E-state index contributed by atoms with van der Waals surface area (Å²) >= 11 is 11.9. The van der Waals surface area contributed by atoms with E-state index < -0.39 is 18.0 Å². The van der Waals surface area contributed by atoms with Crippen molar-refractivity contribution in [3.8, 4) is 0 Å². The average molecular weight is 367 g/mol. The van der Waals surface area contributed by atoms with Gasteiger partial charge in [0.05, 0.1) is 21.3 Å². The Hall–Kier alpha value is -2.24. The lowest BCUT2D eigenvalue weighted by Crippen LogP contribution is -2.30. The van der Waals surface area contributed by atoms with Crippen molar-refractivity contribution in [3.63, 3.8) is 0 Å². The van der Waals surface area contributed by atoms with E-state index in [-0.39, 0.29) is 10.6 Å². The molecule has 0 radical (unpaired) electrons. The number of halogens is 2. The molecule has 3 N–H and O–H groups in total. The molecule has 24 heavy (non-hydrogen) atoms. The second-order valence-electron chi connectivity index (χ2n) is 5.21. The van der Waals surface area contributed by atoms with E-state index in [2.05, 4.69) is 5.32 Å². The molecule has 2 aromatic rings. The third-order valence-corrected chi connectivity index (χ3v) is 4.20. The molecule has 7 heteroatoms. The first kappa shape index (κ1) is 18.1. The first-order valence-electron chi connectivity index (χ1n) is 7.11. The van der Waals surface area contributed by atoms with Crippen LogP contribution in [0, 0.1) is 6.92 Å². The smallest absolute Gasteiger partial charge is 0.338 e. The van der Waals surface area contributed by atoms with E-state index >= 15 is 0 Å². The number of hydrogen-bond donors (Lipinski definition) is 2. The molecule has 0 aromatic heterocycles. The molecule has 0 unspecified atom stereocenters. The Morgan fingerprint density at radius 2 is 1.92 bits per heavy atom. The van der Waals surface area contributed by atoms with Gasteiger partial charge in [0.1, 0.15) is 0 Å². The number of nitrogen functional groups attached to an aromatic ring is 1. The minimum atomic E-state index is -1.02. The van der Waals surface area contributed by atoms with Gasteiger partial charge in [-0.3, -0.25) is 4.79 Å². The van der Waals surface area contributed by atoms with E-state index in [9.17, 15) is 9.59 Å². The van der Waals surface area contributed by atoms with E-state index in [4.69, 9.17) is 33.7 Å². The summed E-state index contributed by atoms with van der Waals surface area (Å²) in [5.74, 6) is -1.16. The summed E-state index contributed by atoms with van der Waals surface area (Å²) in [4.78, 5) is 24.2. The van der Waals surface area contributed by atoms with Crippen LogP contribution >= 0.6 is 23.2 Å². The van der Waals surface area contributed by atoms with Crippen LogP contribution in [0.2, 0.25) is 10.0 Å². The van der Waals surface area contributed by atoms with Gasteiger partial charge in [0.25, 0.3) is 5.91 Å². The number of anilines is 2. The zero-order chi connectivity index (χ0) is 17.9. The highest BCUT2D eigenvalue weighted by Crippen LogP contribution is 2.29. The number of amides is 1. The SMILES string of the molecule is Cc1ccc(C(=O)O[C@@H](C)C(=O)Nc2cccc(Cl)c2Cl)cc1N. The first-order valence-corrected chi connectivity index (χ1v) is 7.87. The highest BCUT2D eigenvalue weighted by atomic mass is 35.5. The molecule has 2 aromatic carbocycles. The minimum absolute atomic E-state index is 0.220. The van der Waals surface area contributed by atoms with Gasteiger partial charge in [0.15, 0.2) is 6.10 Å². The lowest BCUT2D eigenvalue weighted by atomic mass is 10.1. The number of benzene rings is 2. The molecule has 0 bridgehead atoms. The summed E-state index contributed by atoms with van der Waals surface area (Å²) in [5, 5.41) is 3.10. The van der Waals surface area contributed by atoms with Crippen molar-refractivity contribution in [1.29, 1.82) is 0 Å². The van der Waals surface area contributed by atoms with Gasteiger partial charge in [-0.15, -0.1) is 0 Å². The van der Waals surface area contributed by atoms with Crippen molar-refractivity contribution in [2.75, 3.05) is 11.1 Å². The number of rotatable bonds is 4. The monoisotopic (exact) mass is 366 g/mol. The van der Waals surface area contributed by atoms with E-state index in [1.165, 1.54) is 13.0 Å². The van der Waals surface area contributed by atoms with E-state index in [1.807, 2.05) is 6.92 Å². The second kappa shape index (κ2) is 7.55. The van der Waals surface area contributed by atoms with Crippen LogP contribution in [0.3, 0.4) is 0 Å². The maximum absolute atomic E-state index is 12.1. The van der Waals surface area contributed by atoms with Crippen molar-refractivity contribution >= 4 is 46.5 Å². The molecule has 0 saturated heterocycles. The summed E-state index contributed by atoms with van der Waals surface area (Å²) in [6.07, 6.45) is -1.02. The summed E-state index contributed by atoms with van der Waals surface area (Å²) in [5.41, 5.74) is 7.72. The average Bonchev–Trinajstić information content (AvgIpc) is 2.54. The van der Waals surface area contributed by atoms with Crippen LogP contribution in [0.4, 0.5) is 11.4 Å². The third kappa shape index (κ3) is 4.19. The van der Waals surface area contributed by atoms with Gasteiger partial charge >= 0.3 is 5.97 Å². The number of ether oxygens (including phenoxy) is 1. The van der Waals surface area contributed by atoms with Crippen molar-refractivity contribution in [1.82, 2.24) is 0 Å². The fourth-order valence-electron chi connectivity index (χ4n) is 1.88. The predicted octanol–water partition coefficient (Wildman–Crippen LogP) is 4.07.